The molecular formula is C18H19NS. The van der Waals surface area contributed by atoms with Crippen LogP contribution in [-0.2, 0) is 0 Å². The maximum Gasteiger partial charge on any atom is 0.0593 e. The average molecular weight is 281 g/mol. The monoisotopic (exact) mass is 281 g/mol. The second-order valence-electron chi connectivity index (χ2n) is 4.99. The molecule has 0 aliphatic heterocycles. The van der Waals surface area contributed by atoms with Gasteiger partial charge in [0.2, 0.25) is 0 Å². The van der Waals surface area contributed by atoms with Gasteiger partial charge in [-0.25, -0.2) is 0 Å². The molecule has 2 aromatic carbocycles. The highest BCUT2D eigenvalue weighted by Crippen LogP contribution is 2.32. The molecule has 1 atom stereocenters. The van der Waals surface area contributed by atoms with Gasteiger partial charge in [-0.3, -0.25) is 0 Å². The van der Waals surface area contributed by atoms with Crippen molar-refractivity contribution in [3.05, 3.63) is 69.9 Å². The van der Waals surface area contributed by atoms with Crippen molar-refractivity contribution in [3.8, 4) is 0 Å². The third-order valence-corrected chi connectivity index (χ3v) is 4.61. The van der Waals surface area contributed by atoms with Crippen molar-refractivity contribution in [2.24, 2.45) is 0 Å². The molecule has 0 fully saturated rings. The Kier molecular flexibility index (Phi) is 3.86. The summed E-state index contributed by atoms with van der Waals surface area (Å²) in [5.41, 5.74) is 2.76. The van der Waals surface area contributed by atoms with Crippen LogP contribution in [-0.4, -0.2) is 6.54 Å². The lowest BCUT2D eigenvalue weighted by molar-refractivity contribution is 0.634. The van der Waals surface area contributed by atoms with Crippen LogP contribution in [0.2, 0.25) is 0 Å². The van der Waals surface area contributed by atoms with E-state index in [-0.39, 0.29) is 6.04 Å². The van der Waals surface area contributed by atoms with Gasteiger partial charge in [0.1, 0.15) is 0 Å². The van der Waals surface area contributed by atoms with Gasteiger partial charge < -0.3 is 5.32 Å². The first-order valence-electron chi connectivity index (χ1n) is 7.06. The van der Waals surface area contributed by atoms with Crippen molar-refractivity contribution in [2.75, 3.05) is 6.54 Å². The van der Waals surface area contributed by atoms with Crippen molar-refractivity contribution < 1.29 is 0 Å². The zero-order valence-corrected chi connectivity index (χ0v) is 12.7. The van der Waals surface area contributed by atoms with E-state index < -0.39 is 0 Å². The van der Waals surface area contributed by atoms with Crippen molar-refractivity contribution in [2.45, 2.75) is 19.9 Å². The first kappa shape index (κ1) is 13.3. The Balaban J connectivity index is 2.17. The number of nitrogens with one attached hydrogen (secondary N) is 1. The molecule has 20 heavy (non-hydrogen) atoms. The van der Waals surface area contributed by atoms with Gasteiger partial charge in [-0.1, -0.05) is 49.4 Å². The highest BCUT2D eigenvalue weighted by molar-refractivity contribution is 7.10. The summed E-state index contributed by atoms with van der Waals surface area (Å²) in [6, 6.07) is 17.7. The first-order chi connectivity index (χ1) is 9.81. The molecule has 0 radical (unpaired) electrons. The molecule has 2 heteroatoms. The summed E-state index contributed by atoms with van der Waals surface area (Å²) in [5, 5.41) is 8.47. The SMILES string of the molecule is CCNC(c1ccsc1C)c1cccc2ccccc12. The molecule has 1 nitrogen and oxygen atoms in total. The summed E-state index contributed by atoms with van der Waals surface area (Å²) in [4.78, 5) is 1.39. The maximum absolute atomic E-state index is 3.64. The van der Waals surface area contributed by atoms with E-state index in [9.17, 15) is 0 Å². The molecule has 1 heterocycles. The fraction of sp³-hybridized carbons (Fsp3) is 0.222. The molecule has 0 bridgehead atoms. The van der Waals surface area contributed by atoms with E-state index in [2.05, 4.69) is 73.1 Å². The predicted molar refractivity (Wildman–Crippen MR) is 88.5 cm³/mol. The average Bonchev–Trinajstić information content (AvgIpc) is 2.90. The second-order valence-corrected chi connectivity index (χ2v) is 6.11. The second kappa shape index (κ2) is 5.78. The lowest BCUT2D eigenvalue weighted by Crippen LogP contribution is -2.22. The first-order valence-corrected chi connectivity index (χ1v) is 7.94. The molecule has 0 spiro atoms. The van der Waals surface area contributed by atoms with Crippen molar-refractivity contribution in [1.82, 2.24) is 5.32 Å². The van der Waals surface area contributed by atoms with Gasteiger partial charge >= 0.3 is 0 Å². The summed E-state index contributed by atoms with van der Waals surface area (Å²) in [5.74, 6) is 0. The van der Waals surface area contributed by atoms with Crippen LogP contribution in [0.15, 0.2) is 53.9 Å². The minimum Gasteiger partial charge on any atom is -0.306 e. The number of fused-ring (bicyclic) bond motifs is 1. The highest BCUT2D eigenvalue weighted by atomic mass is 32.1. The smallest absolute Gasteiger partial charge is 0.0593 e. The number of benzene rings is 2. The number of aryl methyl sites for hydroxylation is 1. The van der Waals surface area contributed by atoms with E-state index in [1.165, 1.54) is 26.8 Å². The summed E-state index contributed by atoms with van der Waals surface area (Å²) in [6.07, 6.45) is 0. The van der Waals surface area contributed by atoms with Crippen molar-refractivity contribution in [3.63, 3.8) is 0 Å². The lowest BCUT2D eigenvalue weighted by atomic mass is 9.94. The number of hydrogen-bond acceptors (Lipinski definition) is 2. The quantitative estimate of drug-likeness (QED) is 0.716. The van der Waals surface area contributed by atoms with E-state index in [1.54, 1.807) is 0 Å². The zero-order valence-electron chi connectivity index (χ0n) is 11.9. The molecule has 1 unspecified atom stereocenters. The number of thiophene rings is 1. The van der Waals surface area contributed by atoms with Gasteiger partial charge in [-0.05, 0) is 46.8 Å². The largest absolute Gasteiger partial charge is 0.306 e. The maximum atomic E-state index is 3.64. The van der Waals surface area contributed by atoms with Gasteiger partial charge in [0, 0.05) is 4.88 Å². The number of rotatable bonds is 4. The Bertz CT molecular complexity index is 709. The van der Waals surface area contributed by atoms with E-state index >= 15 is 0 Å². The molecule has 0 aliphatic rings. The molecular weight excluding hydrogens is 262 g/mol. The summed E-state index contributed by atoms with van der Waals surface area (Å²) in [6.45, 7) is 5.33. The fourth-order valence-electron chi connectivity index (χ4n) is 2.79. The van der Waals surface area contributed by atoms with Crippen LogP contribution >= 0.6 is 11.3 Å². The van der Waals surface area contributed by atoms with Crippen molar-refractivity contribution >= 4 is 22.1 Å². The van der Waals surface area contributed by atoms with Crippen LogP contribution < -0.4 is 5.32 Å². The Hall–Kier alpha value is -1.64. The standard InChI is InChI=1S/C18H19NS/c1-3-19-18(15-11-12-20-13(15)2)17-10-6-8-14-7-4-5-9-16(14)17/h4-12,18-19H,3H2,1-2H3. The predicted octanol–water partition coefficient (Wildman–Crippen LogP) is 4.91. The Morgan fingerprint density at radius 3 is 2.55 bits per heavy atom. The molecule has 3 aromatic rings. The van der Waals surface area contributed by atoms with Gasteiger partial charge in [0.15, 0.2) is 0 Å². The van der Waals surface area contributed by atoms with E-state index in [4.69, 9.17) is 0 Å². The number of hydrogen-bond donors (Lipinski definition) is 1. The third-order valence-electron chi connectivity index (χ3n) is 3.75. The van der Waals surface area contributed by atoms with Gasteiger partial charge in [0.05, 0.1) is 6.04 Å². The molecule has 0 amide bonds. The summed E-state index contributed by atoms with van der Waals surface area (Å²) in [7, 11) is 0. The molecule has 0 saturated heterocycles. The van der Waals surface area contributed by atoms with Crippen LogP contribution in [0.25, 0.3) is 10.8 Å². The molecule has 1 aromatic heterocycles. The topological polar surface area (TPSA) is 12.0 Å². The minimum absolute atomic E-state index is 0.275. The molecule has 102 valence electrons. The zero-order chi connectivity index (χ0) is 13.9. The molecule has 0 saturated carbocycles. The van der Waals surface area contributed by atoms with Gasteiger partial charge in [-0.2, -0.15) is 0 Å². The highest BCUT2D eigenvalue weighted by Gasteiger charge is 2.17. The van der Waals surface area contributed by atoms with E-state index in [0.29, 0.717) is 0 Å². The summed E-state index contributed by atoms with van der Waals surface area (Å²) < 4.78 is 0. The van der Waals surface area contributed by atoms with Crippen LogP contribution in [0.4, 0.5) is 0 Å². The van der Waals surface area contributed by atoms with Crippen molar-refractivity contribution in [1.29, 1.82) is 0 Å². The van der Waals surface area contributed by atoms with Gasteiger partial charge in [0.25, 0.3) is 0 Å². The van der Waals surface area contributed by atoms with E-state index in [1.807, 2.05) is 11.3 Å². The summed E-state index contributed by atoms with van der Waals surface area (Å²) >= 11 is 1.82. The van der Waals surface area contributed by atoms with Gasteiger partial charge in [-0.15, -0.1) is 11.3 Å². The van der Waals surface area contributed by atoms with Crippen LogP contribution in [0.1, 0.15) is 29.0 Å². The van der Waals surface area contributed by atoms with Crippen LogP contribution in [0.3, 0.4) is 0 Å². The van der Waals surface area contributed by atoms with E-state index in [0.717, 1.165) is 6.54 Å². The molecule has 3 rings (SSSR count). The third kappa shape index (κ3) is 2.37. The Morgan fingerprint density at radius 1 is 1.00 bits per heavy atom. The Morgan fingerprint density at radius 2 is 1.80 bits per heavy atom. The Labute approximate surface area is 124 Å². The minimum atomic E-state index is 0.275. The molecule has 1 N–H and O–H groups in total. The fourth-order valence-corrected chi connectivity index (χ4v) is 3.53. The normalized spacial score (nSPS) is 12.7. The lowest BCUT2D eigenvalue weighted by Gasteiger charge is -2.20. The van der Waals surface area contributed by atoms with Crippen LogP contribution in [0, 0.1) is 6.92 Å². The van der Waals surface area contributed by atoms with Crippen LogP contribution in [0.5, 0.6) is 0 Å². The molecule has 0 aliphatic carbocycles.